The van der Waals surface area contributed by atoms with Crippen LogP contribution in [0.4, 0.5) is 23.5 Å². The lowest BCUT2D eigenvalue weighted by Crippen LogP contribution is -2.42. The number of hydrogen-bond acceptors (Lipinski definition) is 5. The smallest absolute Gasteiger partial charge is 0.416 e. The van der Waals surface area contributed by atoms with Crippen LogP contribution in [0.3, 0.4) is 0 Å². The molecule has 1 aromatic carbocycles. The molecular formula is C21H23F4N5O. The lowest BCUT2D eigenvalue weighted by Gasteiger charge is -2.32. The number of ether oxygens (including phenoxy) is 1. The van der Waals surface area contributed by atoms with Crippen LogP contribution in [-0.2, 0) is 6.18 Å². The highest BCUT2D eigenvalue weighted by atomic mass is 19.4. The van der Waals surface area contributed by atoms with E-state index in [0.29, 0.717) is 11.5 Å². The topological polar surface area (TPSA) is 66.1 Å². The van der Waals surface area contributed by atoms with Crippen molar-refractivity contribution in [1.29, 1.82) is 0 Å². The molecule has 1 fully saturated rings. The predicted octanol–water partition coefficient (Wildman–Crippen LogP) is 4.69. The number of rotatable bonds is 5. The van der Waals surface area contributed by atoms with Crippen LogP contribution in [-0.4, -0.2) is 52.6 Å². The van der Waals surface area contributed by atoms with Gasteiger partial charge in [0.05, 0.1) is 18.2 Å². The van der Waals surface area contributed by atoms with Crippen LogP contribution in [0.2, 0.25) is 0 Å². The quantitative estimate of drug-likeness (QED) is 0.567. The fourth-order valence-corrected chi connectivity index (χ4v) is 3.89. The Morgan fingerprint density at radius 3 is 2.77 bits per heavy atom. The zero-order chi connectivity index (χ0) is 22.2. The molecule has 6 nitrogen and oxygen atoms in total. The summed E-state index contributed by atoms with van der Waals surface area (Å²) in [6.45, 7) is 5.06. The summed E-state index contributed by atoms with van der Waals surface area (Å²) in [5.41, 5.74) is -0.208. The summed E-state index contributed by atoms with van der Waals surface area (Å²) in [7, 11) is 1.23. The number of fused-ring (bicyclic) bond motifs is 1. The maximum atomic E-state index is 14.8. The third-order valence-electron chi connectivity index (χ3n) is 5.50. The Morgan fingerprint density at radius 2 is 2.06 bits per heavy atom. The molecule has 166 valence electrons. The number of piperidine rings is 1. The van der Waals surface area contributed by atoms with Crippen LogP contribution < -0.4 is 10.1 Å². The predicted molar refractivity (Wildman–Crippen MR) is 110 cm³/mol. The normalized spacial score (nSPS) is 17.8. The monoisotopic (exact) mass is 437 g/mol. The van der Waals surface area contributed by atoms with E-state index in [4.69, 9.17) is 4.74 Å². The summed E-state index contributed by atoms with van der Waals surface area (Å²) < 4.78 is 58.9. The van der Waals surface area contributed by atoms with Crippen molar-refractivity contribution in [3.63, 3.8) is 0 Å². The molecule has 0 bridgehead atoms. The molecule has 2 aromatic heterocycles. The van der Waals surface area contributed by atoms with Gasteiger partial charge < -0.3 is 19.9 Å². The fourth-order valence-electron chi connectivity index (χ4n) is 3.89. The molecule has 4 rings (SSSR count). The zero-order valence-electron chi connectivity index (χ0n) is 17.2. The largest absolute Gasteiger partial charge is 0.496 e. The van der Waals surface area contributed by atoms with Crippen molar-refractivity contribution in [2.75, 3.05) is 32.1 Å². The average Bonchev–Trinajstić information content (AvgIpc) is 3.13. The van der Waals surface area contributed by atoms with Gasteiger partial charge in [-0.15, -0.1) is 0 Å². The van der Waals surface area contributed by atoms with Gasteiger partial charge in [-0.1, -0.05) is 6.92 Å². The number of halogens is 4. The van der Waals surface area contributed by atoms with Crippen molar-refractivity contribution < 1.29 is 22.3 Å². The van der Waals surface area contributed by atoms with Gasteiger partial charge in [0.2, 0.25) is 5.95 Å². The van der Waals surface area contributed by atoms with Gasteiger partial charge >= 0.3 is 6.18 Å². The molecule has 0 saturated carbocycles. The van der Waals surface area contributed by atoms with E-state index in [1.54, 1.807) is 0 Å². The molecule has 1 aliphatic rings. The number of benzene rings is 1. The third-order valence-corrected chi connectivity index (χ3v) is 5.50. The van der Waals surface area contributed by atoms with Crippen LogP contribution >= 0.6 is 0 Å². The molecule has 10 heteroatoms. The Kier molecular flexibility index (Phi) is 5.74. The fraction of sp³-hybridized carbons (Fsp3) is 0.429. The van der Waals surface area contributed by atoms with Crippen LogP contribution in [0.15, 0.2) is 24.3 Å². The number of alkyl halides is 3. The molecule has 0 spiro atoms. The second kappa shape index (κ2) is 8.33. The number of H-pyrrole nitrogens is 1. The van der Waals surface area contributed by atoms with Crippen molar-refractivity contribution >= 4 is 17.1 Å². The highest BCUT2D eigenvalue weighted by Crippen LogP contribution is 2.37. The maximum absolute atomic E-state index is 14.8. The number of methoxy groups -OCH3 is 1. The molecule has 31 heavy (non-hydrogen) atoms. The summed E-state index contributed by atoms with van der Waals surface area (Å²) >= 11 is 0. The number of pyridine rings is 1. The number of imidazole rings is 1. The van der Waals surface area contributed by atoms with E-state index in [1.165, 1.54) is 13.2 Å². The summed E-state index contributed by atoms with van der Waals surface area (Å²) in [5.74, 6) is -0.312. The van der Waals surface area contributed by atoms with Crippen molar-refractivity contribution in [1.82, 2.24) is 19.9 Å². The molecule has 2 N–H and O–H groups in total. The molecule has 0 aliphatic carbocycles. The molecule has 0 amide bonds. The Morgan fingerprint density at radius 1 is 1.26 bits per heavy atom. The van der Waals surface area contributed by atoms with E-state index in [1.807, 2.05) is 0 Å². The number of likely N-dealkylation sites (tertiary alicyclic amines) is 1. The number of nitrogens with one attached hydrogen (secondary N) is 2. The second-order valence-corrected chi connectivity index (χ2v) is 7.56. The minimum atomic E-state index is -4.53. The van der Waals surface area contributed by atoms with E-state index >= 15 is 0 Å². The molecule has 1 saturated heterocycles. The molecule has 3 heterocycles. The van der Waals surface area contributed by atoms with Gasteiger partial charge in [-0.2, -0.15) is 18.2 Å². The standard InChI is InChI=1S/C21H23F4N5O/c1-3-30-8-4-5-13(11-30)26-20-27-16-10-15(22)18(28-19(16)29-20)14-7-6-12(21(23,24)25)9-17(14)31-2/h6-7,9-10,13H,3-5,8,11H2,1-2H3,(H2,26,27,28,29)/t13-/m1/s1. The highest BCUT2D eigenvalue weighted by Gasteiger charge is 2.32. The second-order valence-electron chi connectivity index (χ2n) is 7.56. The highest BCUT2D eigenvalue weighted by molar-refractivity contribution is 5.79. The average molecular weight is 437 g/mol. The Hall–Kier alpha value is -2.88. The van der Waals surface area contributed by atoms with E-state index in [9.17, 15) is 17.6 Å². The van der Waals surface area contributed by atoms with Crippen LogP contribution in [0.1, 0.15) is 25.3 Å². The van der Waals surface area contributed by atoms with Crippen LogP contribution in [0, 0.1) is 5.82 Å². The van der Waals surface area contributed by atoms with Gasteiger partial charge in [0.1, 0.15) is 11.4 Å². The van der Waals surface area contributed by atoms with E-state index < -0.39 is 17.6 Å². The van der Waals surface area contributed by atoms with Gasteiger partial charge in [0.15, 0.2) is 11.5 Å². The first-order valence-corrected chi connectivity index (χ1v) is 10.1. The van der Waals surface area contributed by atoms with Crippen molar-refractivity contribution in [3.05, 3.63) is 35.6 Å². The Balaban J connectivity index is 1.65. The number of likely N-dealkylation sites (N-methyl/N-ethyl adjacent to an activating group) is 1. The SMILES string of the molecule is CCN1CCC[C@@H](Nc2nc3nc(-c4ccc(C(F)(F)F)cc4OC)c(F)cc3[nH]2)C1. The minimum Gasteiger partial charge on any atom is -0.496 e. The number of aromatic amines is 1. The lowest BCUT2D eigenvalue weighted by atomic mass is 10.1. The zero-order valence-corrected chi connectivity index (χ0v) is 17.2. The van der Waals surface area contributed by atoms with Crippen molar-refractivity contribution in [2.24, 2.45) is 0 Å². The minimum absolute atomic E-state index is 0.115. The number of hydrogen-bond donors (Lipinski definition) is 2. The first-order chi connectivity index (χ1) is 14.8. The Bertz CT molecular complexity index is 1080. The maximum Gasteiger partial charge on any atom is 0.416 e. The third kappa shape index (κ3) is 4.43. The Labute approximate surface area is 176 Å². The van der Waals surface area contributed by atoms with Crippen LogP contribution in [0.5, 0.6) is 5.75 Å². The summed E-state index contributed by atoms with van der Waals surface area (Å²) in [6.07, 6.45) is -2.45. The number of aromatic nitrogens is 3. The molecular weight excluding hydrogens is 414 g/mol. The number of nitrogens with zero attached hydrogens (tertiary/aromatic N) is 3. The van der Waals surface area contributed by atoms with E-state index in [0.717, 1.165) is 50.7 Å². The molecule has 3 aromatic rings. The first kappa shape index (κ1) is 21.4. The molecule has 1 atom stereocenters. The summed E-state index contributed by atoms with van der Waals surface area (Å²) in [6, 6.07) is 4.33. The van der Waals surface area contributed by atoms with Crippen molar-refractivity contribution in [2.45, 2.75) is 32.0 Å². The molecule has 1 aliphatic heterocycles. The van der Waals surface area contributed by atoms with Gasteiger partial charge in [-0.3, -0.25) is 0 Å². The number of anilines is 1. The van der Waals surface area contributed by atoms with Gasteiger partial charge in [0.25, 0.3) is 0 Å². The van der Waals surface area contributed by atoms with E-state index in [2.05, 4.69) is 32.1 Å². The molecule has 0 radical (unpaired) electrons. The summed E-state index contributed by atoms with van der Waals surface area (Å²) in [4.78, 5) is 14.0. The van der Waals surface area contributed by atoms with Gasteiger partial charge in [-0.25, -0.2) is 9.37 Å². The van der Waals surface area contributed by atoms with Crippen LogP contribution in [0.25, 0.3) is 22.4 Å². The van der Waals surface area contributed by atoms with Gasteiger partial charge in [-0.05, 0) is 44.1 Å². The molecule has 0 unspecified atom stereocenters. The first-order valence-electron chi connectivity index (χ1n) is 10.1. The van der Waals surface area contributed by atoms with Crippen molar-refractivity contribution in [3.8, 4) is 17.0 Å². The van der Waals surface area contributed by atoms with Gasteiger partial charge in [0, 0.05) is 24.2 Å². The lowest BCUT2D eigenvalue weighted by molar-refractivity contribution is -0.137. The van der Waals surface area contributed by atoms with E-state index in [-0.39, 0.29) is 28.7 Å². The summed E-state index contributed by atoms with van der Waals surface area (Å²) in [5, 5.41) is 3.34.